The summed E-state index contributed by atoms with van der Waals surface area (Å²) < 4.78 is 19.2. The molecule has 0 N–H and O–H groups in total. The minimum Gasteiger partial charge on any atom is -0.361 e. The lowest BCUT2D eigenvalue weighted by molar-refractivity contribution is -0.131. The summed E-state index contributed by atoms with van der Waals surface area (Å²) in [6.45, 7) is 4.33. The highest BCUT2D eigenvalue weighted by molar-refractivity contribution is 5.79. The minimum atomic E-state index is -0.355. The van der Waals surface area contributed by atoms with E-state index < -0.39 is 0 Å². The van der Waals surface area contributed by atoms with E-state index in [0.29, 0.717) is 23.6 Å². The molecule has 7 heteroatoms. The van der Waals surface area contributed by atoms with Crippen LogP contribution in [0.5, 0.6) is 0 Å². The van der Waals surface area contributed by atoms with Gasteiger partial charge in [-0.2, -0.15) is 0 Å². The second-order valence-corrected chi connectivity index (χ2v) is 7.04. The lowest BCUT2D eigenvalue weighted by atomic mass is 10.1. The highest BCUT2D eigenvalue weighted by Crippen LogP contribution is 2.33. The molecule has 1 amide bonds. The van der Waals surface area contributed by atoms with Crippen LogP contribution in [0.2, 0.25) is 0 Å². The topological polar surface area (TPSA) is 72.1 Å². The van der Waals surface area contributed by atoms with Gasteiger partial charge >= 0.3 is 0 Å². The predicted molar refractivity (Wildman–Crippen MR) is 101 cm³/mol. The van der Waals surface area contributed by atoms with Crippen LogP contribution in [0.25, 0.3) is 11.3 Å². The van der Waals surface area contributed by atoms with Crippen LogP contribution >= 0.6 is 0 Å². The number of nitrogens with zero attached hydrogens (tertiary/aromatic N) is 4. The second-order valence-electron chi connectivity index (χ2n) is 7.04. The molecule has 1 atom stereocenters. The van der Waals surface area contributed by atoms with Crippen molar-refractivity contribution < 1.29 is 13.7 Å². The molecular formula is C21H21FN4O2. The van der Waals surface area contributed by atoms with Crippen LogP contribution in [0, 0.1) is 19.7 Å². The van der Waals surface area contributed by atoms with Crippen LogP contribution in [0.3, 0.4) is 0 Å². The van der Waals surface area contributed by atoms with E-state index in [1.807, 2.05) is 13.8 Å². The van der Waals surface area contributed by atoms with Crippen molar-refractivity contribution in [2.24, 2.45) is 0 Å². The molecule has 0 unspecified atom stereocenters. The Balaban J connectivity index is 1.59. The van der Waals surface area contributed by atoms with E-state index in [1.54, 1.807) is 35.5 Å². The molecule has 3 aromatic rings. The maximum atomic E-state index is 13.9. The first-order valence-corrected chi connectivity index (χ1v) is 9.32. The van der Waals surface area contributed by atoms with Crippen molar-refractivity contribution >= 4 is 5.91 Å². The molecule has 1 fully saturated rings. The average Bonchev–Trinajstić information content (AvgIpc) is 3.30. The predicted octanol–water partition coefficient (Wildman–Crippen LogP) is 3.79. The zero-order valence-corrected chi connectivity index (χ0v) is 15.9. The number of hydrogen-bond acceptors (Lipinski definition) is 5. The Morgan fingerprint density at radius 1 is 1.29 bits per heavy atom. The number of aromatic nitrogens is 3. The van der Waals surface area contributed by atoms with Crippen molar-refractivity contribution in [3.63, 3.8) is 0 Å². The molecule has 2 aromatic heterocycles. The maximum Gasteiger partial charge on any atom is 0.227 e. The fourth-order valence-electron chi connectivity index (χ4n) is 3.79. The number of amides is 1. The van der Waals surface area contributed by atoms with Crippen LogP contribution in [0.15, 0.2) is 41.2 Å². The monoisotopic (exact) mass is 380 g/mol. The van der Waals surface area contributed by atoms with Crippen LogP contribution in [0.4, 0.5) is 4.39 Å². The molecule has 1 saturated heterocycles. The number of carbonyl (C=O) groups excluding carboxylic acids is 1. The first-order chi connectivity index (χ1) is 13.5. The third kappa shape index (κ3) is 3.40. The van der Waals surface area contributed by atoms with Gasteiger partial charge in [0.25, 0.3) is 0 Å². The molecule has 6 nitrogen and oxygen atoms in total. The maximum absolute atomic E-state index is 13.9. The van der Waals surface area contributed by atoms with Gasteiger partial charge in [-0.15, -0.1) is 0 Å². The molecule has 0 saturated carbocycles. The molecule has 0 bridgehead atoms. The zero-order chi connectivity index (χ0) is 19.7. The summed E-state index contributed by atoms with van der Waals surface area (Å²) in [5, 5.41) is 3.98. The van der Waals surface area contributed by atoms with Crippen LogP contribution < -0.4 is 0 Å². The van der Waals surface area contributed by atoms with Gasteiger partial charge in [0.1, 0.15) is 11.6 Å². The van der Waals surface area contributed by atoms with E-state index in [-0.39, 0.29) is 24.2 Å². The van der Waals surface area contributed by atoms with Gasteiger partial charge in [-0.05, 0) is 38.3 Å². The van der Waals surface area contributed by atoms with Gasteiger partial charge in [0.05, 0.1) is 47.5 Å². The third-order valence-corrected chi connectivity index (χ3v) is 5.16. The van der Waals surface area contributed by atoms with E-state index >= 15 is 0 Å². The van der Waals surface area contributed by atoms with Crippen molar-refractivity contribution in [1.29, 1.82) is 0 Å². The van der Waals surface area contributed by atoms with Crippen molar-refractivity contribution in [3.05, 3.63) is 65.2 Å². The molecule has 4 rings (SSSR count). The molecule has 1 aliphatic rings. The SMILES string of the molecule is Cc1noc(C)c1-c1cncc([C@H]2CCCN2C(=O)Cc2ccccc2F)n1. The Morgan fingerprint density at radius 3 is 2.86 bits per heavy atom. The second kappa shape index (κ2) is 7.50. The Labute approximate surface area is 162 Å². The van der Waals surface area contributed by atoms with Gasteiger partial charge in [0.2, 0.25) is 5.91 Å². The van der Waals surface area contributed by atoms with Crippen LogP contribution in [0.1, 0.15) is 41.6 Å². The standard InChI is InChI=1S/C21H21FN4O2/c1-13-21(14(2)28-25-13)18-12-23-11-17(24-18)19-8-5-9-26(19)20(27)10-15-6-3-4-7-16(15)22/h3-4,6-7,11-12,19H,5,8-10H2,1-2H3/t19-/m1/s1. The minimum absolute atomic E-state index is 0.0418. The average molecular weight is 380 g/mol. The van der Waals surface area contributed by atoms with Crippen LogP contribution in [-0.4, -0.2) is 32.5 Å². The van der Waals surface area contributed by atoms with Gasteiger partial charge in [-0.25, -0.2) is 9.37 Å². The molecule has 0 spiro atoms. The van der Waals surface area contributed by atoms with Gasteiger partial charge in [-0.3, -0.25) is 9.78 Å². The summed E-state index contributed by atoms with van der Waals surface area (Å²) in [6.07, 6.45) is 5.10. The van der Waals surface area contributed by atoms with E-state index in [2.05, 4.69) is 10.1 Å². The lowest BCUT2D eigenvalue weighted by Gasteiger charge is -2.24. The summed E-state index contributed by atoms with van der Waals surface area (Å²) in [4.78, 5) is 23.7. The molecule has 0 aliphatic carbocycles. The molecule has 1 aromatic carbocycles. The number of benzene rings is 1. The van der Waals surface area contributed by atoms with Crippen molar-refractivity contribution in [2.45, 2.75) is 39.2 Å². The molecular weight excluding hydrogens is 359 g/mol. The normalized spacial score (nSPS) is 16.5. The number of carbonyl (C=O) groups is 1. The first-order valence-electron chi connectivity index (χ1n) is 9.32. The smallest absolute Gasteiger partial charge is 0.227 e. The fourth-order valence-corrected chi connectivity index (χ4v) is 3.79. The Hall–Kier alpha value is -3.09. The zero-order valence-electron chi connectivity index (χ0n) is 15.9. The highest BCUT2D eigenvalue weighted by Gasteiger charge is 2.31. The number of rotatable bonds is 4. The molecule has 28 heavy (non-hydrogen) atoms. The number of halogens is 1. The lowest BCUT2D eigenvalue weighted by Crippen LogP contribution is -2.32. The number of aryl methyl sites for hydroxylation is 2. The molecule has 1 aliphatic heterocycles. The first kappa shape index (κ1) is 18.3. The number of likely N-dealkylation sites (tertiary alicyclic amines) is 1. The summed E-state index contributed by atoms with van der Waals surface area (Å²) in [5.41, 5.74) is 3.41. The van der Waals surface area contributed by atoms with E-state index in [9.17, 15) is 9.18 Å². The Kier molecular flexibility index (Phi) is 4.90. The van der Waals surface area contributed by atoms with Crippen molar-refractivity contribution in [2.75, 3.05) is 6.54 Å². The van der Waals surface area contributed by atoms with Crippen LogP contribution in [-0.2, 0) is 11.2 Å². The van der Waals surface area contributed by atoms with Gasteiger partial charge < -0.3 is 9.42 Å². The summed E-state index contributed by atoms with van der Waals surface area (Å²) in [5.74, 6) is 0.229. The van der Waals surface area contributed by atoms with Gasteiger partial charge in [0.15, 0.2) is 0 Å². The molecule has 144 valence electrons. The van der Waals surface area contributed by atoms with Crippen molar-refractivity contribution in [1.82, 2.24) is 20.0 Å². The summed E-state index contributed by atoms with van der Waals surface area (Å²) in [6, 6.07) is 6.23. The third-order valence-electron chi connectivity index (χ3n) is 5.16. The molecule has 3 heterocycles. The highest BCUT2D eigenvalue weighted by atomic mass is 19.1. The Morgan fingerprint density at radius 2 is 2.11 bits per heavy atom. The van der Waals surface area contributed by atoms with E-state index in [1.165, 1.54) is 6.07 Å². The Bertz CT molecular complexity index is 998. The quantitative estimate of drug-likeness (QED) is 0.689. The van der Waals surface area contributed by atoms with Gasteiger partial charge in [0, 0.05) is 6.54 Å². The van der Waals surface area contributed by atoms with E-state index in [4.69, 9.17) is 9.51 Å². The largest absolute Gasteiger partial charge is 0.361 e. The van der Waals surface area contributed by atoms with Crippen molar-refractivity contribution in [3.8, 4) is 11.3 Å². The van der Waals surface area contributed by atoms with Gasteiger partial charge in [-0.1, -0.05) is 23.4 Å². The number of hydrogen-bond donors (Lipinski definition) is 0. The summed E-state index contributed by atoms with van der Waals surface area (Å²) in [7, 11) is 0. The fraction of sp³-hybridized carbons (Fsp3) is 0.333. The molecule has 0 radical (unpaired) electrons. The van der Waals surface area contributed by atoms with E-state index in [0.717, 1.165) is 29.8 Å². The summed E-state index contributed by atoms with van der Waals surface area (Å²) >= 11 is 0.